The Morgan fingerprint density at radius 3 is 2.69 bits per heavy atom. The summed E-state index contributed by atoms with van der Waals surface area (Å²) in [7, 11) is 1.69. The maximum absolute atomic E-state index is 5.13. The van der Waals surface area contributed by atoms with E-state index in [1.807, 2.05) is 18.2 Å². The van der Waals surface area contributed by atoms with Crippen LogP contribution in [0, 0.1) is 0 Å². The number of methoxy groups -OCH3 is 1. The molecule has 1 aliphatic heterocycles. The van der Waals surface area contributed by atoms with Gasteiger partial charge in [0.2, 0.25) is 5.95 Å². The molecule has 0 bridgehead atoms. The van der Waals surface area contributed by atoms with E-state index in [0.717, 1.165) is 30.0 Å². The molecule has 0 radical (unpaired) electrons. The number of fused-ring (bicyclic) bond motifs is 1. The maximum Gasteiger partial charge on any atom is 0.225 e. The van der Waals surface area contributed by atoms with Crippen molar-refractivity contribution in [3.05, 3.63) is 66.2 Å². The van der Waals surface area contributed by atoms with E-state index in [9.17, 15) is 0 Å². The first-order valence-corrected chi connectivity index (χ1v) is 8.88. The standard InChI is InChI=1S/C21H22N4O/c1-26-14-12-22-21-23-18(16-7-3-2-4-8-16)15-20(24-21)25-13-11-17-9-5-6-10-19(17)25/h2-10,15H,11-14H2,1H3,(H,22,23,24). The molecule has 4 rings (SSSR count). The average Bonchev–Trinajstić information content (AvgIpc) is 3.13. The van der Waals surface area contributed by atoms with E-state index in [1.54, 1.807) is 7.11 Å². The SMILES string of the molecule is COCCNc1nc(-c2ccccc2)cc(N2CCc3ccccc32)n1. The third-order valence-electron chi connectivity index (χ3n) is 4.54. The Balaban J connectivity index is 1.73. The maximum atomic E-state index is 5.13. The van der Waals surface area contributed by atoms with Gasteiger partial charge in [-0.15, -0.1) is 0 Å². The molecule has 0 aliphatic carbocycles. The molecule has 2 aromatic carbocycles. The van der Waals surface area contributed by atoms with Crippen LogP contribution in [0.3, 0.4) is 0 Å². The van der Waals surface area contributed by atoms with Crippen LogP contribution < -0.4 is 10.2 Å². The van der Waals surface area contributed by atoms with Gasteiger partial charge in [-0.25, -0.2) is 4.98 Å². The Labute approximate surface area is 153 Å². The highest BCUT2D eigenvalue weighted by Gasteiger charge is 2.22. The second kappa shape index (κ2) is 7.54. The highest BCUT2D eigenvalue weighted by molar-refractivity contribution is 5.72. The van der Waals surface area contributed by atoms with Gasteiger partial charge >= 0.3 is 0 Å². The van der Waals surface area contributed by atoms with Gasteiger partial charge < -0.3 is 15.0 Å². The highest BCUT2D eigenvalue weighted by Crippen LogP contribution is 2.35. The van der Waals surface area contributed by atoms with E-state index >= 15 is 0 Å². The molecule has 132 valence electrons. The van der Waals surface area contributed by atoms with E-state index in [2.05, 4.69) is 52.7 Å². The fraction of sp³-hybridized carbons (Fsp3) is 0.238. The minimum absolute atomic E-state index is 0.612. The van der Waals surface area contributed by atoms with E-state index < -0.39 is 0 Å². The van der Waals surface area contributed by atoms with Crippen molar-refractivity contribution in [2.45, 2.75) is 6.42 Å². The molecule has 1 aliphatic rings. The van der Waals surface area contributed by atoms with Gasteiger partial charge in [-0.05, 0) is 18.1 Å². The van der Waals surface area contributed by atoms with Gasteiger partial charge in [0.15, 0.2) is 0 Å². The van der Waals surface area contributed by atoms with Crippen molar-refractivity contribution in [1.29, 1.82) is 0 Å². The van der Waals surface area contributed by atoms with Gasteiger partial charge in [0.25, 0.3) is 0 Å². The van der Waals surface area contributed by atoms with Crippen LogP contribution in [0.2, 0.25) is 0 Å². The topological polar surface area (TPSA) is 50.3 Å². The van der Waals surface area contributed by atoms with Crippen LogP contribution in [0.15, 0.2) is 60.7 Å². The largest absolute Gasteiger partial charge is 0.383 e. The summed E-state index contributed by atoms with van der Waals surface area (Å²) in [5, 5.41) is 3.27. The van der Waals surface area contributed by atoms with Crippen molar-refractivity contribution in [1.82, 2.24) is 9.97 Å². The van der Waals surface area contributed by atoms with Gasteiger partial charge in [0, 0.05) is 37.5 Å². The Morgan fingerprint density at radius 1 is 1.04 bits per heavy atom. The first kappa shape index (κ1) is 16.5. The zero-order chi connectivity index (χ0) is 17.8. The summed E-state index contributed by atoms with van der Waals surface area (Å²) in [6.07, 6.45) is 1.04. The lowest BCUT2D eigenvalue weighted by molar-refractivity contribution is 0.210. The number of nitrogens with zero attached hydrogens (tertiary/aromatic N) is 3. The van der Waals surface area contributed by atoms with Crippen molar-refractivity contribution in [2.24, 2.45) is 0 Å². The van der Waals surface area contributed by atoms with Crippen LogP contribution in [-0.4, -0.2) is 36.8 Å². The smallest absolute Gasteiger partial charge is 0.225 e. The third-order valence-corrected chi connectivity index (χ3v) is 4.54. The number of benzene rings is 2. The van der Waals surface area contributed by atoms with Gasteiger partial charge in [0.05, 0.1) is 12.3 Å². The van der Waals surface area contributed by atoms with Crippen LogP contribution in [-0.2, 0) is 11.2 Å². The Morgan fingerprint density at radius 2 is 1.85 bits per heavy atom. The number of ether oxygens (including phenoxy) is 1. The second-order valence-electron chi connectivity index (χ2n) is 6.25. The van der Waals surface area contributed by atoms with Crippen LogP contribution in [0.25, 0.3) is 11.3 Å². The molecule has 0 saturated carbocycles. The van der Waals surface area contributed by atoms with Crippen molar-refractivity contribution >= 4 is 17.5 Å². The molecular formula is C21H22N4O. The fourth-order valence-electron chi connectivity index (χ4n) is 3.25. The van der Waals surface area contributed by atoms with Gasteiger partial charge in [0.1, 0.15) is 5.82 Å². The van der Waals surface area contributed by atoms with Crippen molar-refractivity contribution in [2.75, 3.05) is 37.0 Å². The first-order valence-electron chi connectivity index (χ1n) is 8.88. The molecule has 0 fully saturated rings. The zero-order valence-corrected chi connectivity index (χ0v) is 14.9. The van der Waals surface area contributed by atoms with Gasteiger partial charge in [-0.3, -0.25) is 0 Å². The van der Waals surface area contributed by atoms with Crippen LogP contribution in [0.1, 0.15) is 5.56 Å². The summed E-state index contributed by atoms with van der Waals surface area (Å²) < 4.78 is 5.13. The summed E-state index contributed by atoms with van der Waals surface area (Å²) in [5.74, 6) is 1.55. The predicted octanol–water partition coefficient (Wildman–Crippen LogP) is 3.90. The number of para-hydroxylation sites is 1. The number of rotatable bonds is 6. The molecule has 2 heterocycles. The molecule has 3 aromatic rings. The van der Waals surface area contributed by atoms with Crippen LogP contribution >= 0.6 is 0 Å². The number of anilines is 3. The summed E-state index contributed by atoms with van der Waals surface area (Å²) in [6.45, 7) is 2.22. The van der Waals surface area contributed by atoms with Crippen molar-refractivity contribution < 1.29 is 4.74 Å². The lowest BCUT2D eigenvalue weighted by atomic mass is 10.1. The van der Waals surface area contributed by atoms with E-state index in [1.165, 1.54) is 11.3 Å². The highest BCUT2D eigenvalue weighted by atomic mass is 16.5. The van der Waals surface area contributed by atoms with Crippen LogP contribution in [0.4, 0.5) is 17.5 Å². The minimum atomic E-state index is 0.612. The first-order chi connectivity index (χ1) is 12.8. The average molecular weight is 346 g/mol. The van der Waals surface area contributed by atoms with Gasteiger partial charge in [-0.1, -0.05) is 48.5 Å². The van der Waals surface area contributed by atoms with Crippen molar-refractivity contribution in [3.63, 3.8) is 0 Å². The summed E-state index contributed by atoms with van der Waals surface area (Å²) in [6, 6.07) is 20.8. The number of aromatic nitrogens is 2. The zero-order valence-electron chi connectivity index (χ0n) is 14.9. The quantitative estimate of drug-likeness (QED) is 0.686. The summed E-state index contributed by atoms with van der Waals surface area (Å²) in [5.41, 5.74) is 4.59. The molecule has 0 spiro atoms. The molecule has 1 N–H and O–H groups in total. The number of nitrogens with one attached hydrogen (secondary N) is 1. The Kier molecular flexibility index (Phi) is 4.80. The molecular weight excluding hydrogens is 324 g/mol. The molecule has 0 saturated heterocycles. The van der Waals surface area contributed by atoms with E-state index in [4.69, 9.17) is 14.7 Å². The summed E-state index contributed by atoms with van der Waals surface area (Å²) >= 11 is 0. The molecule has 5 nitrogen and oxygen atoms in total. The molecule has 0 atom stereocenters. The van der Waals surface area contributed by atoms with Gasteiger partial charge in [-0.2, -0.15) is 4.98 Å². The molecule has 1 aromatic heterocycles. The second-order valence-corrected chi connectivity index (χ2v) is 6.25. The molecule has 0 amide bonds. The fourth-order valence-corrected chi connectivity index (χ4v) is 3.25. The van der Waals surface area contributed by atoms with E-state index in [0.29, 0.717) is 19.1 Å². The lowest BCUT2D eigenvalue weighted by Crippen LogP contribution is -2.17. The number of hydrogen-bond donors (Lipinski definition) is 1. The van der Waals surface area contributed by atoms with Crippen LogP contribution in [0.5, 0.6) is 0 Å². The van der Waals surface area contributed by atoms with Crippen molar-refractivity contribution in [3.8, 4) is 11.3 Å². The predicted molar refractivity (Wildman–Crippen MR) is 105 cm³/mol. The normalized spacial score (nSPS) is 12.9. The monoisotopic (exact) mass is 346 g/mol. The number of hydrogen-bond acceptors (Lipinski definition) is 5. The Bertz CT molecular complexity index is 882. The summed E-state index contributed by atoms with van der Waals surface area (Å²) in [4.78, 5) is 11.7. The molecule has 0 unspecified atom stereocenters. The van der Waals surface area contributed by atoms with E-state index in [-0.39, 0.29) is 0 Å². The lowest BCUT2D eigenvalue weighted by Gasteiger charge is -2.20. The minimum Gasteiger partial charge on any atom is -0.383 e. The molecule has 26 heavy (non-hydrogen) atoms. The Hall–Kier alpha value is -2.92. The molecule has 5 heteroatoms. The third kappa shape index (κ3) is 3.39.